The van der Waals surface area contributed by atoms with Gasteiger partial charge in [-0.1, -0.05) is 6.42 Å². The number of sulfonamides is 1. The molecule has 108 valence electrons. The van der Waals surface area contributed by atoms with Gasteiger partial charge in [-0.05, 0) is 38.9 Å². The summed E-state index contributed by atoms with van der Waals surface area (Å²) in [6, 6.07) is 0. The Kier molecular flexibility index (Phi) is 4.78. The second-order valence-corrected chi connectivity index (χ2v) is 6.54. The smallest absolute Gasteiger partial charge is 0.245 e. The number of nitrogen functional groups attached to an aromatic ring is 1. The molecule has 1 aliphatic heterocycles. The minimum Gasteiger partial charge on any atom is -0.383 e. The maximum atomic E-state index is 11.9. The maximum absolute atomic E-state index is 11.9. The highest BCUT2D eigenvalue weighted by Crippen LogP contribution is 2.13. The molecule has 1 aromatic rings. The number of rotatable bonds is 6. The molecule has 0 saturated carbocycles. The lowest BCUT2D eigenvalue weighted by molar-refractivity contribution is 0.227. The van der Waals surface area contributed by atoms with Gasteiger partial charge in [0.15, 0.2) is 0 Å². The third kappa shape index (κ3) is 3.92. The molecule has 1 saturated heterocycles. The van der Waals surface area contributed by atoms with E-state index in [0.29, 0.717) is 6.54 Å². The van der Waals surface area contributed by atoms with E-state index in [1.54, 1.807) is 0 Å². The van der Waals surface area contributed by atoms with Crippen molar-refractivity contribution < 1.29 is 8.42 Å². The third-order valence-corrected chi connectivity index (χ3v) is 4.80. The van der Waals surface area contributed by atoms with Gasteiger partial charge in [0.1, 0.15) is 10.7 Å². The molecule has 0 aliphatic carbocycles. The molecule has 1 aromatic heterocycles. The number of aromatic nitrogens is 2. The van der Waals surface area contributed by atoms with E-state index in [9.17, 15) is 8.42 Å². The molecule has 0 bridgehead atoms. The van der Waals surface area contributed by atoms with Crippen LogP contribution >= 0.6 is 0 Å². The molecule has 0 unspecified atom stereocenters. The van der Waals surface area contributed by atoms with Crippen LogP contribution in [0.15, 0.2) is 11.1 Å². The van der Waals surface area contributed by atoms with Gasteiger partial charge in [0, 0.05) is 6.54 Å². The summed E-state index contributed by atoms with van der Waals surface area (Å²) in [5.74, 6) is 0.0727. The fraction of sp³-hybridized carbons (Fsp3) is 0.727. The Morgan fingerprint density at radius 1 is 1.37 bits per heavy atom. The number of nitrogens with one attached hydrogen (secondary N) is 2. The summed E-state index contributed by atoms with van der Waals surface area (Å²) in [4.78, 5) is 2.40. The zero-order valence-electron chi connectivity index (χ0n) is 10.9. The van der Waals surface area contributed by atoms with Crippen molar-refractivity contribution in [3.8, 4) is 0 Å². The molecule has 0 atom stereocenters. The van der Waals surface area contributed by atoms with Gasteiger partial charge in [-0.3, -0.25) is 5.10 Å². The molecule has 0 spiro atoms. The molecular weight excluding hydrogens is 266 g/mol. The number of anilines is 1. The van der Waals surface area contributed by atoms with Crippen LogP contribution in [0, 0.1) is 0 Å². The molecule has 2 heterocycles. The highest BCUT2D eigenvalue weighted by molar-refractivity contribution is 7.89. The topological polar surface area (TPSA) is 104 Å². The summed E-state index contributed by atoms with van der Waals surface area (Å²) in [5, 5.41) is 6.03. The average Bonchev–Trinajstić information content (AvgIpc) is 2.83. The Morgan fingerprint density at radius 3 is 2.74 bits per heavy atom. The first kappa shape index (κ1) is 14.3. The summed E-state index contributed by atoms with van der Waals surface area (Å²) in [7, 11) is -3.54. The molecule has 19 heavy (non-hydrogen) atoms. The number of likely N-dealkylation sites (tertiary alicyclic amines) is 1. The van der Waals surface area contributed by atoms with Gasteiger partial charge >= 0.3 is 0 Å². The molecule has 8 heteroatoms. The number of hydrogen-bond acceptors (Lipinski definition) is 5. The van der Waals surface area contributed by atoms with Gasteiger partial charge in [0.05, 0.1) is 6.20 Å². The Hall–Kier alpha value is -1.12. The molecule has 0 radical (unpaired) electrons. The van der Waals surface area contributed by atoms with Crippen LogP contribution in [-0.4, -0.2) is 49.7 Å². The molecule has 0 amide bonds. The van der Waals surface area contributed by atoms with E-state index in [-0.39, 0.29) is 10.7 Å². The molecule has 7 nitrogen and oxygen atoms in total. The molecule has 0 aromatic carbocycles. The van der Waals surface area contributed by atoms with Gasteiger partial charge in [0.25, 0.3) is 0 Å². The number of hydrogen-bond donors (Lipinski definition) is 3. The van der Waals surface area contributed by atoms with Gasteiger partial charge in [0.2, 0.25) is 10.0 Å². The van der Waals surface area contributed by atoms with Crippen LogP contribution in [0.2, 0.25) is 0 Å². The van der Waals surface area contributed by atoms with Crippen molar-refractivity contribution in [2.45, 2.75) is 30.6 Å². The highest BCUT2D eigenvalue weighted by Gasteiger charge is 2.18. The van der Waals surface area contributed by atoms with Crippen LogP contribution < -0.4 is 10.5 Å². The lowest BCUT2D eigenvalue weighted by atomic mass is 10.1. The number of nitrogens with two attached hydrogens (primary N) is 1. The van der Waals surface area contributed by atoms with Gasteiger partial charge in [-0.15, -0.1) is 0 Å². The van der Waals surface area contributed by atoms with Crippen molar-refractivity contribution in [2.75, 3.05) is 31.9 Å². The standard InChI is InChI=1S/C11H21N5O2S/c12-11-10(9-13-15-11)19(17,18)14-5-4-8-16-6-2-1-3-7-16/h9,14H,1-8H2,(H3,12,13,15). The Labute approximate surface area is 113 Å². The molecule has 2 rings (SSSR count). The predicted octanol–water partition coefficient (Wildman–Crippen LogP) is 0.146. The lowest BCUT2D eigenvalue weighted by Crippen LogP contribution is -2.33. The third-order valence-electron chi connectivity index (χ3n) is 3.31. The second kappa shape index (κ2) is 6.36. The first-order valence-electron chi connectivity index (χ1n) is 6.60. The van der Waals surface area contributed by atoms with E-state index in [2.05, 4.69) is 19.8 Å². The van der Waals surface area contributed by atoms with Crippen LogP contribution in [0.4, 0.5) is 5.82 Å². The zero-order valence-corrected chi connectivity index (χ0v) is 11.7. The maximum Gasteiger partial charge on any atom is 0.245 e. The van der Waals surface area contributed by atoms with Crippen LogP contribution in [0.5, 0.6) is 0 Å². The Bertz CT molecular complexity index is 493. The predicted molar refractivity (Wildman–Crippen MR) is 73.1 cm³/mol. The van der Waals surface area contributed by atoms with E-state index >= 15 is 0 Å². The van der Waals surface area contributed by atoms with E-state index in [0.717, 1.165) is 26.1 Å². The van der Waals surface area contributed by atoms with Crippen LogP contribution in [0.25, 0.3) is 0 Å². The SMILES string of the molecule is Nc1[nH]ncc1S(=O)(=O)NCCCN1CCCCC1. The number of H-pyrrole nitrogens is 1. The second-order valence-electron chi connectivity index (χ2n) is 4.80. The molecular formula is C11H21N5O2S. The summed E-state index contributed by atoms with van der Waals surface area (Å²) in [6.45, 7) is 3.61. The fourth-order valence-electron chi connectivity index (χ4n) is 2.27. The molecule has 4 N–H and O–H groups in total. The Morgan fingerprint density at radius 2 is 2.11 bits per heavy atom. The van der Waals surface area contributed by atoms with Crippen LogP contribution in [0.1, 0.15) is 25.7 Å². The summed E-state index contributed by atoms with van der Waals surface area (Å²) < 4.78 is 26.3. The summed E-state index contributed by atoms with van der Waals surface area (Å²) in [6.07, 6.45) is 5.83. The minimum absolute atomic E-state index is 0.0190. The van der Waals surface area contributed by atoms with Crippen molar-refractivity contribution in [2.24, 2.45) is 0 Å². The van der Waals surface area contributed by atoms with Crippen LogP contribution in [0.3, 0.4) is 0 Å². The van der Waals surface area contributed by atoms with E-state index in [1.807, 2.05) is 0 Å². The summed E-state index contributed by atoms with van der Waals surface area (Å²) in [5.41, 5.74) is 5.50. The van der Waals surface area contributed by atoms with Crippen molar-refractivity contribution in [3.05, 3.63) is 6.20 Å². The first-order valence-corrected chi connectivity index (χ1v) is 8.09. The van der Waals surface area contributed by atoms with Gasteiger partial charge in [-0.25, -0.2) is 13.1 Å². The van der Waals surface area contributed by atoms with Crippen LogP contribution in [-0.2, 0) is 10.0 Å². The van der Waals surface area contributed by atoms with E-state index < -0.39 is 10.0 Å². The quantitative estimate of drug-likeness (QED) is 0.646. The average molecular weight is 287 g/mol. The minimum atomic E-state index is -3.54. The summed E-state index contributed by atoms with van der Waals surface area (Å²) >= 11 is 0. The monoisotopic (exact) mass is 287 g/mol. The van der Waals surface area contributed by atoms with E-state index in [1.165, 1.54) is 25.5 Å². The van der Waals surface area contributed by atoms with Crippen molar-refractivity contribution in [3.63, 3.8) is 0 Å². The Balaban J connectivity index is 1.74. The first-order chi connectivity index (χ1) is 9.09. The fourth-order valence-corrected chi connectivity index (χ4v) is 3.36. The van der Waals surface area contributed by atoms with Crippen molar-refractivity contribution in [1.82, 2.24) is 19.8 Å². The van der Waals surface area contributed by atoms with Gasteiger partial charge in [-0.2, -0.15) is 5.10 Å². The number of piperidine rings is 1. The van der Waals surface area contributed by atoms with E-state index in [4.69, 9.17) is 5.73 Å². The highest BCUT2D eigenvalue weighted by atomic mass is 32.2. The van der Waals surface area contributed by atoms with Crippen molar-refractivity contribution in [1.29, 1.82) is 0 Å². The number of aromatic amines is 1. The lowest BCUT2D eigenvalue weighted by Gasteiger charge is -2.26. The number of nitrogens with zero attached hydrogens (tertiary/aromatic N) is 2. The zero-order chi connectivity index (χ0) is 13.7. The molecule has 1 fully saturated rings. The normalized spacial score (nSPS) is 17.7. The largest absolute Gasteiger partial charge is 0.383 e. The van der Waals surface area contributed by atoms with Crippen molar-refractivity contribution >= 4 is 15.8 Å². The van der Waals surface area contributed by atoms with Gasteiger partial charge < -0.3 is 10.6 Å². The molecule has 1 aliphatic rings.